The Kier molecular flexibility index (Phi) is 5.95. The molecular formula is C24H28N2O3. The van der Waals surface area contributed by atoms with Crippen molar-refractivity contribution in [1.82, 2.24) is 4.90 Å². The number of amides is 2. The van der Waals surface area contributed by atoms with Crippen LogP contribution in [0.5, 0.6) is 5.75 Å². The van der Waals surface area contributed by atoms with E-state index in [-0.39, 0.29) is 24.3 Å². The van der Waals surface area contributed by atoms with Crippen LogP contribution < -0.4 is 9.64 Å². The molecule has 1 unspecified atom stereocenters. The Balaban J connectivity index is 1.36. The molecule has 2 fully saturated rings. The highest BCUT2D eigenvalue weighted by Gasteiger charge is 2.43. The van der Waals surface area contributed by atoms with E-state index in [0.29, 0.717) is 18.2 Å². The number of hydrogen-bond acceptors (Lipinski definition) is 4. The lowest BCUT2D eigenvalue weighted by molar-refractivity contribution is -0.123. The summed E-state index contributed by atoms with van der Waals surface area (Å²) in [5, 5.41) is 0. The van der Waals surface area contributed by atoms with Crippen molar-refractivity contribution in [2.24, 2.45) is 5.92 Å². The lowest BCUT2D eigenvalue weighted by Crippen LogP contribution is -2.46. The van der Waals surface area contributed by atoms with Crippen LogP contribution >= 0.6 is 0 Å². The zero-order valence-electron chi connectivity index (χ0n) is 16.9. The van der Waals surface area contributed by atoms with Gasteiger partial charge in [-0.3, -0.25) is 14.5 Å². The first-order valence-electron chi connectivity index (χ1n) is 10.5. The van der Waals surface area contributed by atoms with Gasteiger partial charge in [-0.1, -0.05) is 30.3 Å². The van der Waals surface area contributed by atoms with Gasteiger partial charge in [0.05, 0.1) is 24.8 Å². The average molecular weight is 392 g/mol. The minimum atomic E-state index is -0.327. The number of carbonyl (C=O) groups is 2. The summed E-state index contributed by atoms with van der Waals surface area (Å²) in [5.41, 5.74) is 2.00. The standard InChI is InChI=1S/C24H28N2O3/c1-2-29-21-10-8-20(9-11-21)26-23(27)17-22(24(26)28)25-14-12-19(13-15-25)16-18-6-4-3-5-7-18/h3-11,19,22H,2,12-17H2,1H3. The van der Waals surface area contributed by atoms with Crippen LogP contribution in [0.1, 0.15) is 31.7 Å². The lowest BCUT2D eigenvalue weighted by atomic mass is 9.89. The Morgan fingerprint density at radius 1 is 0.966 bits per heavy atom. The second-order valence-corrected chi connectivity index (χ2v) is 7.88. The number of carbonyl (C=O) groups excluding carboxylic acids is 2. The van der Waals surface area contributed by atoms with Gasteiger partial charge in [-0.2, -0.15) is 0 Å². The molecule has 0 radical (unpaired) electrons. The predicted molar refractivity (Wildman–Crippen MR) is 113 cm³/mol. The molecule has 0 bridgehead atoms. The maximum Gasteiger partial charge on any atom is 0.251 e. The van der Waals surface area contributed by atoms with Gasteiger partial charge < -0.3 is 4.74 Å². The molecule has 2 amide bonds. The number of imide groups is 1. The molecule has 2 aliphatic heterocycles. The molecule has 0 aromatic heterocycles. The molecule has 2 aliphatic rings. The monoisotopic (exact) mass is 392 g/mol. The summed E-state index contributed by atoms with van der Waals surface area (Å²) in [6.07, 6.45) is 3.49. The van der Waals surface area contributed by atoms with Crippen molar-refractivity contribution in [1.29, 1.82) is 0 Å². The fraction of sp³-hybridized carbons (Fsp3) is 0.417. The van der Waals surface area contributed by atoms with Gasteiger partial charge in [0.25, 0.3) is 5.91 Å². The molecule has 0 spiro atoms. The molecule has 2 heterocycles. The molecule has 152 valence electrons. The topological polar surface area (TPSA) is 49.9 Å². The third kappa shape index (κ3) is 4.35. The highest BCUT2D eigenvalue weighted by molar-refractivity contribution is 6.22. The normalized spacial score (nSPS) is 21.0. The van der Waals surface area contributed by atoms with Crippen LogP contribution in [0.4, 0.5) is 5.69 Å². The van der Waals surface area contributed by atoms with E-state index < -0.39 is 0 Å². The summed E-state index contributed by atoms with van der Waals surface area (Å²) in [7, 11) is 0. The van der Waals surface area contributed by atoms with Crippen molar-refractivity contribution in [3.63, 3.8) is 0 Å². The Morgan fingerprint density at radius 3 is 2.31 bits per heavy atom. The first kappa shape index (κ1) is 19.6. The Labute approximate surface area is 172 Å². The first-order chi connectivity index (χ1) is 14.2. The fourth-order valence-corrected chi connectivity index (χ4v) is 4.45. The Bertz CT molecular complexity index is 842. The highest BCUT2D eigenvalue weighted by Crippen LogP contribution is 2.30. The van der Waals surface area contributed by atoms with Crippen molar-refractivity contribution in [2.75, 3.05) is 24.6 Å². The van der Waals surface area contributed by atoms with Crippen molar-refractivity contribution < 1.29 is 14.3 Å². The van der Waals surface area contributed by atoms with E-state index in [4.69, 9.17) is 4.74 Å². The summed E-state index contributed by atoms with van der Waals surface area (Å²) >= 11 is 0. The zero-order valence-corrected chi connectivity index (χ0v) is 16.9. The molecule has 1 atom stereocenters. The molecular weight excluding hydrogens is 364 g/mol. The summed E-state index contributed by atoms with van der Waals surface area (Å²) in [6.45, 7) is 4.26. The van der Waals surface area contributed by atoms with Gasteiger partial charge in [0.2, 0.25) is 5.91 Å². The number of piperidine rings is 1. The number of rotatable bonds is 6. The van der Waals surface area contributed by atoms with Gasteiger partial charge in [-0.05, 0) is 75.0 Å². The van der Waals surface area contributed by atoms with Gasteiger partial charge in [0.1, 0.15) is 5.75 Å². The van der Waals surface area contributed by atoms with Crippen molar-refractivity contribution in [3.8, 4) is 5.75 Å². The van der Waals surface area contributed by atoms with Crippen LogP contribution in [0.2, 0.25) is 0 Å². The van der Waals surface area contributed by atoms with E-state index in [0.717, 1.165) is 38.1 Å². The van der Waals surface area contributed by atoms with Crippen LogP contribution in [0, 0.1) is 5.92 Å². The number of benzene rings is 2. The molecule has 0 N–H and O–H groups in total. The van der Waals surface area contributed by atoms with E-state index in [9.17, 15) is 9.59 Å². The van der Waals surface area contributed by atoms with Crippen molar-refractivity contribution in [3.05, 3.63) is 60.2 Å². The van der Waals surface area contributed by atoms with Gasteiger partial charge in [0, 0.05) is 0 Å². The van der Waals surface area contributed by atoms with Gasteiger partial charge >= 0.3 is 0 Å². The van der Waals surface area contributed by atoms with Crippen molar-refractivity contribution in [2.45, 2.75) is 38.6 Å². The predicted octanol–water partition coefficient (Wildman–Crippen LogP) is 3.67. The SMILES string of the molecule is CCOc1ccc(N2C(=O)CC(N3CCC(Cc4ccccc4)CC3)C2=O)cc1. The molecule has 2 aromatic rings. The van der Waals surface area contributed by atoms with E-state index in [1.165, 1.54) is 10.5 Å². The third-order valence-corrected chi connectivity index (χ3v) is 5.99. The minimum absolute atomic E-state index is 0.0966. The Morgan fingerprint density at radius 2 is 1.66 bits per heavy atom. The molecule has 2 saturated heterocycles. The smallest absolute Gasteiger partial charge is 0.251 e. The summed E-state index contributed by atoms with van der Waals surface area (Å²) in [4.78, 5) is 29.2. The molecule has 5 nitrogen and oxygen atoms in total. The van der Waals surface area contributed by atoms with E-state index in [1.807, 2.05) is 25.1 Å². The molecule has 0 saturated carbocycles. The maximum atomic E-state index is 13.0. The van der Waals surface area contributed by atoms with Crippen LogP contribution in [0.15, 0.2) is 54.6 Å². The number of hydrogen-bond donors (Lipinski definition) is 0. The average Bonchev–Trinajstić information content (AvgIpc) is 3.04. The first-order valence-corrected chi connectivity index (χ1v) is 10.5. The van der Waals surface area contributed by atoms with E-state index in [2.05, 4.69) is 29.2 Å². The molecule has 4 rings (SSSR count). The molecule has 2 aromatic carbocycles. The van der Waals surface area contributed by atoms with Crippen LogP contribution in [-0.2, 0) is 16.0 Å². The second-order valence-electron chi connectivity index (χ2n) is 7.88. The van der Waals surface area contributed by atoms with E-state index >= 15 is 0 Å². The lowest BCUT2D eigenvalue weighted by Gasteiger charge is -2.34. The summed E-state index contributed by atoms with van der Waals surface area (Å²) in [6, 6.07) is 17.4. The number of nitrogens with zero attached hydrogens (tertiary/aromatic N) is 2. The largest absolute Gasteiger partial charge is 0.494 e. The highest BCUT2D eigenvalue weighted by atomic mass is 16.5. The Hall–Kier alpha value is -2.66. The van der Waals surface area contributed by atoms with Gasteiger partial charge in [-0.15, -0.1) is 0 Å². The molecule has 0 aliphatic carbocycles. The molecule has 5 heteroatoms. The third-order valence-electron chi connectivity index (χ3n) is 5.99. The van der Waals surface area contributed by atoms with Crippen LogP contribution in [0.25, 0.3) is 0 Å². The van der Waals surface area contributed by atoms with Crippen molar-refractivity contribution >= 4 is 17.5 Å². The zero-order chi connectivity index (χ0) is 20.2. The van der Waals surface area contributed by atoms with Gasteiger partial charge in [0.15, 0.2) is 0 Å². The number of likely N-dealkylation sites (tertiary alicyclic amines) is 1. The van der Waals surface area contributed by atoms with E-state index in [1.54, 1.807) is 12.1 Å². The fourth-order valence-electron chi connectivity index (χ4n) is 4.45. The van der Waals surface area contributed by atoms with Gasteiger partial charge in [-0.25, -0.2) is 4.90 Å². The van der Waals surface area contributed by atoms with Crippen LogP contribution in [-0.4, -0.2) is 42.5 Å². The summed E-state index contributed by atoms with van der Waals surface area (Å²) in [5.74, 6) is 1.17. The number of anilines is 1. The number of ether oxygens (including phenoxy) is 1. The second kappa shape index (κ2) is 8.78. The van der Waals surface area contributed by atoms with Crippen LogP contribution in [0.3, 0.4) is 0 Å². The minimum Gasteiger partial charge on any atom is -0.494 e. The maximum absolute atomic E-state index is 13.0. The summed E-state index contributed by atoms with van der Waals surface area (Å²) < 4.78 is 5.45. The molecule has 29 heavy (non-hydrogen) atoms. The quantitative estimate of drug-likeness (QED) is 0.704.